The lowest BCUT2D eigenvalue weighted by Crippen LogP contribution is -2.29. The molecule has 1 unspecified atom stereocenters. The minimum atomic E-state index is -4.72. The molecular formula is C14H14F4N2S. The van der Waals surface area contributed by atoms with Crippen LogP contribution in [-0.4, -0.2) is 0 Å². The SMILES string of the molecule is NNC(CCc1ccsc1)c1cccc(C(F)(F)F)c1F. The molecule has 0 aliphatic carbocycles. The van der Waals surface area contributed by atoms with E-state index in [4.69, 9.17) is 5.84 Å². The summed E-state index contributed by atoms with van der Waals surface area (Å²) < 4.78 is 52.2. The Labute approximate surface area is 123 Å². The first-order valence-electron chi connectivity index (χ1n) is 6.26. The Morgan fingerprint density at radius 2 is 2.00 bits per heavy atom. The van der Waals surface area contributed by atoms with Crippen molar-refractivity contribution in [2.75, 3.05) is 0 Å². The van der Waals surface area contributed by atoms with Crippen LogP contribution in [-0.2, 0) is 12.6 Å². The maximum atomic E-state index is 14.1. The van der Waals surface area contributed by atoms with Crippen molar-refractivity contribution in [2.24, 2.45) is 5.84 Å². The number of alkyl halides is 3. The Morgan fingerprint density at radius 1 is 1.24 bits per heavy atom. The van der Waals surface area contributed by atoms with Crippen LogP contribution in [0.15, 0.2) is 35.0 Å². The van der Waals surface area contributed by atoms with Crippen LogP contribution in [0.25, 0.3) is 0 Å². The van der Waals surface area contributed by atoms with Gasteiger partial charge < -0.3 is 0 Å². The van der Waals surface area contributed by atoms with Gasteiger partial charge in [-0.2, -0.15) is 24.5 Å². The normalized spacial score (nSPS) is 13.4. The molecule has 0 aliphatic heterocycles. The Hall–Kier alpha value is -1.44. The number of hydrogen-bond acceptors (Lipinski definition) is 3. The van der Waals surface area contributed by atoms with Gasteiger partial charge in [-0.1, -0.05) is 12.1 Å². The summed E-state index contributed by atoms with van der Waals surface area (Å²) in [6, 6.07) is 4.48. The van der Waals surface area contributed by atoms with E-state index < -0.39 is 23.6 Å². The monoisotopic (exact) mass is 318 g/mol. The van der Waals surface area contributed by atoms with E-state index in [0.29, 0.717) is 12.8 Å². The first kappa shape index (κ1) is 15.9. The van der Waals surface area contributed by atoms with Crippen molar-refractivity contribution in [3.05, 3.63) is 57.5 Å². The second-order valence-electron chi connectivity index (χ2n) is 4.60. The Morgan fingerprint density at radius 3 is 2.57 bits per heavy atom. The summed E-state index contributed by atoms with van der Waals surface area (Å²) in [4.78, 5) is 0. The molecule has 0 radical (unpaired) electrons. The number of rotatable bonds is 5. The Kier molecular flexibility index (Phi) is 4.97. The zero-order chi connectivity index (χ0) is 15.5. The summed E-state index contributed by atoms with van der Waals surface area (Å²) in [5, 5.41) is 3.85. The lowest BCUT2D eigenvalue weighted by Gasteiger charge is -2.19. The minimum absolute atomic E-state index is 0.0671. The standard InChI is InChI=1S/C14H14F4N2S/c15-13-10(2-1-3-11(13)14(16,17)18)12(20-19)5-4-9-6-7-21-8-9/h1-3,6-8,12,20H,4-5,19H2. The highest BCUT2D eigenvalue weighted by Gasteiger charge is 2.35. The van der Waals surface area contributed by atoms with Crippen LogP contribution in [0.2, 0.25) is 0 Å². The second kappa shape index (κ2) is 6.55. The third kappa shape index (κ3) is 3.81. The highest BCUT2D eigenvalue weighted by molar-refractivity contribution is 7.07. The van der Waals surface area contributed by atoms with Crippen LogP contribution < -0.4 is 11.3 Å². The smallest absolute Gasteiger partial charge is 0.271 e. The minimum Gasteiger partial charge on any atom is -0.271 e. The molecule has 0 saturated heterocycles. The molecule has 114 valence electrons. The summed E-state index contributed by atoms with van der Waals surface area (Å²) in [6.07, 6.45) is -3.70. The van der Waals surface area contributed by atoms with Crippen LogP contribution >= 0.6 is 11.3 Å². The fourth-order valence-corrected chi connectivity index (χ4v) is 2.82. The first-order chi connectivity index (χ1) is 9.93. The van der Waals surface area contributed by atoms with Crippen molar-refractivity contribution < 1.29 is 17.6 Å². The fourth-order valence-electron chi connectivity index (χ4n) is 2.11. The van der Waals surface area contributed by atoms with Gasteiger partial charge >= 0.3 is 6.18 Å². The van der Waals surface area contributed by atoms with Crippen molar-refractivity contribution in [1.29, 1.82) is 0 Å². The maximum absolute atomic E-state index is 14.1. The van der Waals surface area contributed by atoms with Crippen molar-refractivity contribution in [3.8, 4) is 0 Å². The number of nitrogens with one attached hydrogen (secondary N) is 1. The molecule has 0 amide bonds. The van der Waals surface area contributed by atoms with E-state index in [1.165, 1.54) is 23.5 Å². The van der Waals surface area contributed by atoms with Crippen LogP contribution in [0.5, 0.6) is 0 Å². The molecule has 1 atom stereocenters. The number of thiophene rings is 1. The summed E-state index contributed by atoms with van der Waals surface area (Å²) in [7, 11) is 0. The quantitative estimate of drug-likeness (QED) is 0.496. The number of hydrazine groups is 1. The number of halogens is 4. The molecule has 1 aromatic carbocycles. The average Bonchev–Trinajstić information content (AvgIpc) is 2.93. The molecule has 1 aromatic heterocycles. The summed E-state index contributed by atoms with van der Waals surface area (Å²) >= 11 is 1.53. The molecule has 7 heteroatoms. The second-order valence-corrected chi connectivity index (χ2v) is 5.38. The molecule has 2 nitrogen and oxygen atoms in total. The molecule has 0 spiro atoms. The summed E-state index contributed by atoms with van der Waals surface area (Å²) in [5.41, 5.74) is 2.11. The fraction of sp³-hybridized carbons (Fsp3) is 0.286. The highest BCUT2D eigenvalue weighted by atomic mass is 32.1. The molecule has 21 heavy (non-hydrogen) atoms. The largest absolute Gasteiger partial charge is 0.419 e. The van der Waals surface area contributed by atoms with E-state index in [1.807, 2.05) is 16.8 Å². The van der Waals surface area contributed by atoms with E-state index in [9.17, 15) is 17.6 Å². The summed E-state index contributed by atoms with van der Waals surface area (Å²) in [6.45, 7) is 0. The van der Waals surface area contributed by atoms with Crippen molar-refractivity contribution in [2.45, 2.75) is 25.1 Å². The molecule has 2 aromatic rings. The van der Waals surface area contributed by atoms with Gasteiger partial charge in [0.15, 0.2) is 0 Å². The van der Waals surface area contributed by atoms with Crippen LogP contribution in [0.4, 0.5) is 17.6 Å². The van der Waals surface area contributed by atoms with E-state index >= 15 is 0 Å². The molecule has 0 bridgehead atoms. The van der Waals surface area contributed by atoms with Gasteiger partial charge in [-0.25, -0.2) is 4.39 Å². The maximum Gasteiger partial charge on any atom is 0.419 e. The van der Waals surface area contributed by atoms with Gasteiger partial charge in [-0.15, -0.1) is 0 Å². The van der Waals surface area contributed by atoms with Gasteiger partial charge in [0.25, 0.3) is 0 Å². The highest BCUT2D eigenvalue weighted by Crippen LogP contribution is 2.34. The third-order valence-corrected chi connectivity index (χ3v) is 3.94. The van der Waals surface area contributed by atoms with E-state index in [2.05, 4.69) is 5.43 Å². The van der Waals surface area contributed by atoms with Gasteiger partial charge in [0, 0.05) is 11.6 Å². The molecule has 0 saturated carbocycles. The Balaban J connectivity index is 2.22. The third-order valence-electron chi connectivity index (χ3n) is 3.21. The van der Waals surface area contributed by atoms with Crippen LogP contribution in [0.1, 0.15) is 29.2 Å². The number of hydrogen-bond donors (Lipinski definition) is 2. The number of nitrogens with two attached hydrogens (primary N) is 1. The van der Waals surface area contributed by atoms with Crippen molar-refractivity contribution in [3.63, 3.8) is 0 Å². The zero-order valence-corrected chi connectivity index (χ0v) is 11.8. The molecule has 2 rings (SSSR count). The van der Waals surface area contributed by atoms with Gasteiger partial charge in [-0.05, 0) is 41.3 Å². The molecule has 3 N–H and O–H groups in total. The first-order valence-corrected chi connectivity index (χ1v) is 7.20. The van der Waals surface area contributed by atoms with Crippen LogP contribution in [0, 0.1) is 5.82 Å². The van der Waals surface area contributed by atoms with E-state index in [0.717, 1.165) is 11.6 Å². The zero-order valence-electron chi connectivity index (χ0n) is 11.0. The number of aryl methyl sites for hydroxylation is 1. The lowest BCUT2D eigenvalue weighted by molar-refractivity contribution is -0.140. The van der Waals surface area contributed by atoms with Crippen molar-refractivity contribution in [1.82, 2.24) is 5.43 Å². The van der Waals surface area contributed by atoms with Gasteiger partial charge in [0.05, 0.1) is 5.56 Å². The van der Waals surface area contributed by atoms with Gasteiger partial charge in [0.2, 0.25) is 0 Å². The van der Waals surface area contributed by atoms with Gasteiger partial charge in [0.1, 0.15) is 5.82 Å². The summed E-state index contributed by atoms with van der Waals surface area (Å²) in [5.74, 6) is 4.11. The average molecular weight is 318 g/mol. The van der Waals surface area contributed by atoms with E-state index in [1.54, 1.807) is 0 Å². The topological polar surface area (TPSA) is 38.0 Å². The van der Waals surface area contributed by atoms with Crippen molar-refractivity contribution >= 4 is 11.3 Å². The number of benzene rings is 1. The van der Waals surface area contributed by atoms with E-state index in [-0.39, 0.29) is 5.56 Å². The predicted molar refractivity (Wildman–Crippen MR) is 74.1 cm³/mol. The molecular weight excluding hydrogens is 304 g/mol. The Bertz CT molecular complexity index is 581. The lowest BCUT2D eigenvalue weighted by atomic mass is 9.98. The predicted octanol–water partition coefficient (Wildman–Crippen LogP) is 4.04. The molecule has 0 aliphatic rings. The van der Waals surface area contributed by atoms with Crippen LogP contribution in [0.3, 0.4) is 0 Å². The van der Waals surface area contributed by atoms with Gasteiger partial charge in [-0.3, -0.25) is 11.3 Å². The molecule has 0 fully saturated rings. The molecule has 1 heterocycles.